The van der Waals surface area contributed by atoms with Crippen molar-refractivity contribution in [2.75, 3.05) is 20.8 Å². The Balaban J connectivity index is 5.11. The minimum absolute atomic E-state index is 0.0922. The largest absolute Gasteiger partial charge is 0.500 e. The molecular formula is C15H35NO3Si. The van der Waals surface area contributed by atoms with Crippen LogP contribution in [0.1, 0.15) is 65.7 Å². The Morgan fingerprint density at radius 2 is 1.35 bits per heavy atom. The van der Waals surface area contributed by atoms with Crippen LogP contribution in [0.2, 0.25) is 6.04 Å². The molecular weight excluding hydrogens is 270 g/mol. The van der Waals surface area contributed by atoms with Crippen molar-refractivity contribution in [2.45, 2.75) is 77.4 Å². The second-order valence-electron chi connectivity index (χ2n) is 5.52. The molecule has 0 unspecified atom stereocenters. The van der Waals surface area contributed by atoms with Crippen molar-refractivity contribution >= 4 is 8.80 Å². The summed E-state index contributed by atoms with van der Waals surface area (Å²) in [6, 6.07) is 0.801. The standard InChI is InChI=1S/C15H35NO3Si/c1-6-10-15(11-7-2,12-8-3)19-20(17-4,18-5)14-9-13-16/h6-14,16H2,1-5H3. The molecule has 0 aromatic rings. The van der Waals surface area contributed by atoms with E-state index >= 15 is 0 Å². The third kappa shape index (κ3) is 6.22. The summed E-state index contributed by atoms with van der Waals surface area (Å²) >= 11 is 0. The van der Waals surface area contributed by atoms with Crippen molar-refractivity contribution in [1.29, 1.82) is 0 Å². The van der Waals surface area contributed by atoms with E-state index in [1.54, 1.807) is 14.2 Å². The van der Waals surface area contributed by atoms with Crippen LogP contribution < -0.4 is 5.73 Å². The quantitative estimate of drug-likeness (QED) is 0.527. The summed E-state index contributed by atoms with van der Waals surface area (Å²) in [7, 11) is 0.827. The Kier molecular flexibility index (Phi) is 10.8. The maximum atomic E-state index is 6.59. The third-order valence-corrected chi connectivity index (χ3v) is 6.75. The minimum Gasteiger partial charge on any atom is -0.377 e. The normalized spacial score (nSPS) is 12.9. The predicted octanol–water partition coefficient (Wildman–Crippen LogP) is 3.72. The molecule has 0 fully saturated rings. The minimum atomic E-state index is -2.59. The van der Waals surface area contributed by atoms with Gasteiger partial charge in [0.05, 0.1) is 5.60 Å². The van der Waals surface area contributed by atoms with Crippen LogP contribution in [0, 0.1) is 0 Å². The van der Waals surface area contributed by atoms with E-state index in [4.69, 9.17) is 19.0 Å². The van der Waals surface area contributed by atoms with Crippen LogP contribution in [-0.4, -0.2) is 35.2 Å². The smallest absolute Gasteiger partial charge is 0.377 e. The van der Waals surface area contributed by atoms with Gasteiger partial charge in [-0.1, -0.05) is 40.0 Å². The predicted molar refractivity (Wildman–Crippen MR) is 86.8 cm³/mol. The Labute approximate surface area is 126 Å². The van der Waals surface area contributed by atoms with Crippen molar-refractivity contribution in [3.8, 4) is 0 Å². The van der Waals surface area contributed by atoms with Gasteiger partial charge in [-0.05, 0) is 32.2 Å². The van der Waals surface area contributed by atoms with Gasteiger partial charge >= 0.3 is 8.80 Å². The molecule has 0 aliphatic carbocycles. The third-order valence-electron chi connectivity index (χ3n) is 3.80. The summed E-state index contributed by atoms with van der Waals surface area (Å²) in [6.07, 6.45) is 7.45. The molecule has 122 valence electrons. The van der Waals surface area contributed by atoms with Crippen LogP contribution in [0.4, 0.5) is 0 Å². The van der Waals surface area contributed by atoms with Gasteiger partial charge in [0, 0.05) is 20.3 Å². The fourth-order valence-corrected chi connectivity index (χ4v) is 5.41. The number of hydrogen-bond acceptors (Lipinski definition) is 4. The second kappa shape index (κ2) is 10.7. The number of rotatable bonds is 13. The molecule has 0 spiro atoms. The molecule has 5 heteroatoms. The van der Waals surface area contributed by atoms with Crippen molar-refractivity contribution in [1.82, 2.24) is 0 Å². The van der Waals surface area contributed by atoms with Crippen molar-refractivity contribution in [3.63, 3.8) is 0 Å². The highest BCUT2D eigenvalue weighted by Crippen LogP contribution is 2.34. The maximum Gasteiger partial charge on any atom is 0.500 e. The van der Waals surface area contributed by atoms with Gasteiger partial charge in [0.25, 0.3) is 0 Å². The van der Waals surface area contributed by atoms with Crippen LogP contribution in [0.5, 0.6) is 0 Å². The summed E-state index contributed by atoms with van der Waals surface area (Å²) in [6.45, 7) is 7.29. The van der Waals surface area contributed by atoms with Gasteiger partial charge in [0.2, 0.25) is 0 Å². The molecule has 0 aromatic carbocycles. The van der Waals surface area contributed by atoms with E-state index in [9.17, 15) is 0 Å². The molecule has 0 heterocycles. The van der Waals surface area contributed by atoms with Gasteiger partial charge in [0.1, 0.15) is 0 Å². The Morgan fingerprint density at radius 3 is 1.65 bits per heavy atom. The first-order valence-electron chi connectivity index (χ1n) is 8.08. The van der Waals surface area contributed by atoms with Gasteiger partial charge in [-0.2, -0.15) is 0 Å². The molecule has 0 saturated carbocycles. The van der Waals surface area contributed by atoms with Crippen LogP contribution >= 0.6 is 0 Å². The highest BCUT2D eigenvalue weighted by atomic mass is 28.4. The van der Waals surface area contributed by atoms with E-state index < -0.39 is 8.80 Å². The molecule has 0 rings (SSSR count). The molecule has 0 aliphatic rings. The highest BCUT2D eigenvalue weighted by Gasteiger charge is 2.45. The molecule has 2 N–H and O–H groups in total. The molecule has 0 aliphatic heterocycles. The highest BCUT2D eigenvalue weighted by molar-refractivity contribution is 6.60. The first-order valence-corrected chi connectivity index (χ1v) is 10.0. The molecule has 0 radical (unpaired) electrons. The zero-order valence-electron chi connectivity index (χ0n) is 14.2. The average molecular weight is 306 g/mol. The fourth-order valence-electron chi connectivity index (χ4n) is 2.97. The van der Waals surface area contributed by atoms with E-state index in [2.05, 4.69) is 20.8 Å². The summed E-state index contributed by atoms with van der Waals surface area (Å²) in [5.41, 5.74) is 5.55. The van der Waals surface area contributed by atoms with E-state index in [1.165, 1.54) is 0 Å². The summed E-state index contributed by atoms with van der Waals surface area (Å²) in [5, 5.41) is 0. The van der Waals surface area contributed by atoms with Gasteiger partial charge in [0.15, 0.2) is 0 Å². The first-order chi connectivity index (χ1) is 9.57. The molecule has 20 heavy (non-hydrogen) atoms. The second-order valence-corrected chi connectivity index (χ2v) is 8.41. The molecule has 0 amide bonds. The van der Waals surface area contributed by atoms with Crippen molar-refractivity contribution < 1.29 is 13.3 Å². The zero-order valence-corrected chi connectivity index (χ0v) is 15.2. The van der Waals surface area contributed by atoms with Gasteiger partial charge in [-0.15, -0.1) is 0 Å². The molecule has 0 saturated heterocycles. The van der Waals surface area contributed by atoms with Gasteiger partial charge in [-0.3, -0.25) is 0 Å². The van der Waals surface area contributed by atoms with Crippen LogP contribution in [-0.2, 0) is 13.3 Å². The Bertz CT molecular complexity index is 218. The Hall–Kier alpha value is 0.0569. The lowest BCUT2D eigenvalue weighted by atomic mass is 9.88. The number of nitrogens with two attached hydrogens (primary N) is 1. The lowest BCUT2D eigenvalue weighted by molar-refractivity contribution is -0.0357. The zero-order chi connectivity index (χ0) is 15.5. The first kappa shape index (κ1) is 20.1. The monoisotopic (exact) mass is 305 g/mol. The molecule has 4 nitrogen and oxygen atoms in total. The van der Waals surface area contributed by atoms with E-state index in [1.807, 2.05) is 0 Å². The maximum absolute atomic E-state index is 6.59. The van der Waals surface area contributed by atoms with Gasteiger partial charge in [-0.25, -0.2) is 0 Å². The lowest BCUT2D eigenvalue weighted by Crippen LogP contribution is -2.52. The topological polar surface area (TPSA) is 53.7 Å². The van der Waals surface area contributed by atoms with Crippen molar-refractivity contribution in [2.24, 2.45) is 5.73 Å². The fraction of sp³-hybridized carbons (Fsp3) is 1.00. The summed E-state index contributed by atoms with van der Waals surface area (Å²) < 4.78 is 18.0. The van der Waals surface area contributed by atoms with Crippen LogP contribution in [0.3, 0.4) is 0 Å². The summed E-state index contributed by atoms with van der Waals surface area (Å²) in [4.78, 5) is 0. The number of hydrogen-bond donors (Lipinski definition) is 1. The molecule has 0 aromatic heterocycles. The van der Waals surface area contributed by atoms with Gasteiger partial charge < -0.3 is 19.0 Å². The lowest BCUT2D eigenvalue weighted by Gasteiger charge is -2.41. The Morgan fingerprint density at radius 1 is 0.900 bits per heavy atom. The SMILES string of the molecule is CCCC(CCC)(CCC)O[Si](CCCN)(OC)OC. The summed E-state index contributed by atoms with van der Waals surface area (Å²) in [5.74, 6) is 0. The average Bonchev–Trinajstić information content (AvgIpc) is 2.44. The molecule has 0 bridgehead atoms. The van der Waals surface area contributed by atoms with Crippen molar-refractivity contribution in [3.05, 3.63) is 0 Å². The molecule has 0 atom stereocenters. The van der Waals surface area contributed by atoms with E-state index in [0.717, 1.165) is 51.0 Å². The van der Waals surface area contributed by atoms with Crippen LogP contribution in [0.25, 0.3) is 0 Å². The van der Waals surface area contributed by atoms with E-state index in [-0.39, 0.29) is 5.60 Å². The van der Waals surface area contributed by atoms with E-state index in [0.29, 0.717) is 6.54 Å². The van der Waals surface area contributed by atoms with Crippen LogP contribution in [0.15, 0.2) is 0 Å².